The van der Waals surface area contributed by atoms with Crippen LogP contribution < -0.4 is 5.32 Å². The smallest absolute Gasteiger partial charge is 0.175 e. The molecular formula is C35H50ClNO7. The molecule has 13 unspecified atom stereocenters. The molecule has 8 nitrogen and oxygen atoms in total. The molecule has 6 rings (SSSR count). The Bertz CT molecular complexity index is 1170. The first-order valence-corrected chi connectivity index (χ1v) is 17.4. The first-order chi connectivity index (χ1) is 21.0. The van der Waals surface area contributed by atoms with Crippen LogP contribution in [0.4, 0.5) is 0 Å². The van der Waals surface area contributed by atoms with Crippen molar-refractivity contribution in [1.82, 2.24) is 5.32 Å². The van der Waals surface area contributed by atoms with Gasteiger partial charge in [-0.25, -0.2) is 0 Å². The number of ketones is 2. The van der Waals surface area contributed by atoms with Crippen molar-refractivity contribution in [1.29, 1.82) is 0 Å². The summed E-state index contributed by atoms with van der Waals surface area (Å²) in [6.45, 7) is 3.31. The number of halogens is 1. The fourth-order valence-corrected chi connectivity index (χ4v) is 10.1. The second kappa shape index (κ2) is 13.0. The third-order valence-electron chi connectivity index (χ3n) is 12.3. The molecular weight excluding hydrogens is 582 g/mol. The summed E-state index contributed by atoms with van der Waals surface area (Å²) in [7, 11) is 0. The van der Waals surface area contributed by atoms with Gasteiger partial charge >= 0.3 is 0 Å². The minimum absolute atomic E-state index is 0.0817. The number of hydrogen-bond donors (Lipinski definition) is 6. The van der Waals surface area contributed by atoms with Crippen molar-refractivity contribution in [3.8, 4) is 0 Å². The molecule has 6 aliphatic rings. The Labute approximate surface area is 265 Å². The molecule has 0 aromatic carbocycles. The molecule has 3 saturated carbocycles. The second-order valence-electron chi connectivity index (χ2n) is 14.8. The molecule has 3 fully saturated rings. The molecule has 0 heterocycles. The van der Waals surface area contributed by atoms with Gasteiger partial charge in [0, 0.05) is 12.5 Å². The molecule has 0 aliphatic heterocycles. The van der Waals surface area contributed by atoms with E-state index in [0.29, 0.717) is 24.7 Å². The summed E-state index contributed by atoms with van der Waals surface area (Å²) < 4.78 is 0. The van der Waals surface area contributed by atoms with E-state index in [1.807, 2.05) is 0 Å². The Morgan fingerprint density at radius 2 is 1.68 bits per heavy atom. The Morgan fingerprint density at radius 1 is 0.932 bits per heavy atom. The molecule has 6 N–H and O–H groups in total. The highest BCUT2D eigenvalue weighted by atomic mass is 35.5. The van der Waals surface area contributed by atoms with Gasteiger partial charge in [0.2, 0.25) is 0 Å². The minimum Gasteiger partial charge on any atom is -0.393 e. The topological polar surface area (TPSA) is 147 Å². The van der Waals surface area contributed by atoms with Crippen molar-refractivity contribution < 1.29 is 35.1 Å². The number of nitrogens with one attached hydrogen (secondary N) is 1. The average molecular weight is 632 g/mol. The first-order valence-electron chi connectivity index (χ1n) is 16.9. The van der Waals surface area contributed by atoms with Gasteiger partial charge in [-0.15, -0.1) is 11.6 Å². The maximum atomic E-state index is 14.1. The maximum absolute atomic E-state index is 14.1. The Kier molecular flexibility index (Phi) is 9.63. The second-order valence-corrected chi connectivity index (χ2v) is 15.4. The van der Waals surface area contributed by atoms with Crippen LogP contribution in [0.15, 0.2) is 36.5 Å². The Hall–Kier alpha value is -1.39. The molecule has 0 aromatic rings. The Balaban J connectivity index is 1.11. The minimum atomic E-state index is -2.20. The molecule has 0 amide bonds. The molecule has 9 heteroatoms. The largest absolute Gasteiger partial charge is 0.393 e. The zero-order chi connectivity index (χ0) is 31.3. The van der Waals surface area contributed by atoms with Crippen LogP contribution in [-0.4, -0.2) is 85.6 Å². The third-order valence-corrected chi connectivity index (χ3v) is 12.6. The number of rotatable bonds is 7. The lowest BCUT2D eigenvalue weighted by Gasteiger charge is -2.57. The molecule has 0 spiro atoms. The predicted molar refractivity (Wildman–Crippen MR) is 166 cm³/mol. The number of Topliss-reactive ketones (excluding diaryl/α,β-unsaturated/α-hetero) is 2. The summed E-state index contributed by atoms with van der Waals surface area (Å²) in [5.41, 5.74) is -2.20. The number of carbonyl (C=O) groups excluding carboxylic acids is 2. The molecule has 44 heavy (non-hydrogen) atoms. The van der Waals surface area contributed by atoms with E-state index >= 15 is 0 Å². The van der Waals surface area contributed by atoms with E-state index in [0.717, 1.165) is 45.2 Å². The van der Waals surface area contributed by atoms with Gasteiger partial charge < -0.3 is 30.8 Å². The van der Waals surface area contributed by atoms with Crippen LogP contribution in [0, 0.1) is 59.2 Å². The van der Waals surface area contributed by atoms with E-state index in [9.17, 15) is 35.1 Å². The highest BCUT2D eigenvalue weighted by molar-refractivity contribution is 6.21. The molecule has 6 aliphatic carbocycles. The van der Waals surface area contributed by atoms with Crippen molar-refractivity contribution in [3.05, 3.63) is 36.5 Å². The fourth-order valence-electron chi connectivity index (χ4n) is 9.90. The summed E-state index contributed by atoms with van der Waals surface area (Å²) in [5.74, 6) is -3.61. The molecule has 0 aromatic heterocycles. The zero-order valence-electron chi connectivity index (χ0n) is 25.6. The van der Waals surface area contributed by atoms with Crippen molar-refractivity contribution in [3.63, 3.8) is 0 Å². The van der Waals surface area contributed by atoms with Gasteiger partial charge in [-0.3, -0.25) is 9.59 Å². The summed E-state index contributed by atoms with van der Waals surface area (Å²) in [6, 6.07) is 0. The van der Waals surface area contributed by atoms with Gasteiger partial charge in [0.15, 0.2) is 11.4 Å². The van der Waals surface area contributed by atoms with Crippen LogP contribution in [0.25, 0.3) is 0 Å². The summed E-state index contributed by atoms with van der Waals surface area (Å²) >= 11 is 6.16. The molecule has 244 valence electrons. The quantitative estimate of drug-likeness (QED) is 0.143. The summed E-state index contributed by atoms with van der Waals surface area (Å²) in [5, 5.41) is 58.8. The van der Waals surface area contributed by atoms with E-state index in [1.54, 1.807) is 6.08 Å². The van der Waals surface area contributed by atoms with Gasteiger partial charge in [0.05, 0.1) is 41.4 Å². The molecule has 0 saturated heterocycles. The van der Waals surface area contributed by atoms with Crippen LogP contribution in [-0.2, 0) is 9.59 Å². The van der Waals surface area contributed by atoms with E-state index in [1.165, 1.54) is 6.92 Å². The van der Waals surface area contributed by atoms with Crippen molar-refractivity contribution in [2.24, 2.45) is 59.2 Å². The molecule has 0 bridgehead atoms. The zero-order valence-corrected chi connectivity index (χ0v) is 26.4. The average Bonchev–Trinajstić information content (AvgIpc) is 2.98. The number of aliphatic hydroxyl groups is 5. The lowest BCUT2D eigenvalue weighted by atomic mass is 9.48. The normalized spacial score (nSPS) is 49.2. The van der Waals surface area contributed by atoms with Gasteiger partial charge in [-0.2, -0.15) is 0 Å². The fraction of sp³-hybridized carbons (Fsp3) is 0.771. The molecule has 0 radical (unpaired) electrons. The number of carbonyl (C=O) groups is 2. The third kappa shape index (κ3) is 5.82. The monoisotopic (exact) mass is 631 g/mol. The lowest BCUT2D eigenvalue weighted by Crippen LogP contribution is -2.71. The van der Waals surface area contributed by atoms with Crippen molar-refractivity contribution in [2.75, 3.05) is 13.1 Å². The SMILES string of the molecule is CC(O)C1C(=O)[C@@]2(O)C(O)C3C(=O)C4C(O)C=CC(C5C=CC(CNCCC6C=CC(Cl)CC6)CC5)C4C[C@H]3C[C@H]2CC1O. The number of allylic oxidation sites excluding steroid dienone is 4. The van der Waals surface area contributed by atoms with Crippen LogP contribution >= 0.6 is 11.6 Å². The van der Waals surface area contributed by atoms with Crippen LogP contribution in [0.1, 0.15) is 58.3 Å². The van der Waals surface area contributed by atoms with Crippen LogP contribution in [0.3, 0.4) is 0 Å². The number of fused-ring (bicyclic) bond motifs is 3. The standard InChI is InChI=1S/C35H50ClNO7/c1-18(38)29-28(40)16-23-14-22-15-26-25(10-11-27(39)31(26)32(41)30(22)34(43)35(23,44)33(29)42)21-6-2-20(3-7-21)17-37-13-12-19-4-8-24(36)9-5-19/h2,4,6,8,10-11,18-31,34,37-40,43-44H,3,5,7,9,12-17H2,1H3/t18?,19?,20?,21?,22-,23+,24?,25?,26?,27?,28?,29?,30?,31?,34?,35-/m1/s1. The predicted octanol–water partition coefficient (Wildman–Crippen LogP) is 2.55. The summed E-state index contributed by atoms with van der Waals surface area (Å²) in [6.07, 6.45) is 14.2. The Morgan fingerprint density at radius 3 is 2.36 bits per heavy atom. The summed E-state index contributed by atoms with van der Waals surface area (Å²) in [4.78, 5) is 27.5. The maximum Gasteiger partial charge on any atom is 0.175 e. The van der Waals surface area contributed by atoms with Gasteiger partial charge in [0.25, 0.3) is 0 Å². The van der Waals surface area contributed by atoms with Crippen molar-refractivity contribution >= 4 is 23.2 Å². The molecule has 16 atom stereocenters. The van der Waals surface area contributed by atoms with Gasteiger partial charge in [0.1, 0.15) is 11.9 Å². The highest BCUT2D eigenvalue weighted by Crippen LogP contribution is 2.56. The van der Waals surface area contributed by atoms with E-state index in [2.05, 4.69) is 35.7 Å². The first kappa shape index (κ1) is 32.5. The number of aliphatic hydroxyl groups excluding tert-OH is 4. The number of hydrogen-bond acceptors (Lipinski definition) is 8. The van der Waals surface area contributed by atoms with E-state index in [4.69, 9.17) is 11.6 Å². The van der Waals surface area contributed by atoms with Crippen LogP contribution in [0.5, 0.6) is 0 Å². The van der Waals surface area contributed by atoms with Gasteiger partial charge in [-0.05, 0) is 100 Å². The lowest BCUT2D eigenvalue weighted by molar-refractivity contribution is -0.219. The highest BCUT2D eigenvalue weighted by Gasteiger charge is 2.67. The van der Waals surface area contributed by atoms with Crippen LogP contribution in [0.2, 0.25) is 0 Å². The van der Waals surface area contributed by atoms with E-state index < -0.39 is 59.5 Å². The van der Waals surface area contributed by atoms with E-state index in [-0.39, 0.29) is 41.3 Å². The van der Waals surface area contributed by atoms with Gasteiger partial charge in [-0.1, -0.05) is 36.5 Å². The number of alkyl halides is 1. The van der Waals surface area contributed by atoms with Crippen molar-refractivity contribution in [2.45, 2.75) is 93.7 Å².